The van der Waals surface area contributed by atoms with Gasteiger partial charge in [0, 0.05) is 12.1 Å². The standard InChI is InChI=1S/C13H14BN2O6.Fm/c17-7-15-11(13(19)20)3-4-12(18)16-9-2-1-8-6-22-14(21)10(8)5-9;/h1-2,5,11,21H,3-4,6H2,(H,15,17)(H,16,18)(H,19,20);/q-1;/t11-;/m0./s1. The smallest absolute Gasteiger partial charge is 0.491 e. The van der Waals surface area contributed by atoms with E-state index in [0.29, 0.717) is 17.8 Å². The number of nitrogens with one attached hydrogen (secondary N) is 2. The van der Waals surface area contributed by atoms with Crippen LogP contribution in [0, 0.1) is 0 Å². The minimum atomic E-state index is -1.23. The quantitative estimate of drug-likeness (QED) is 0.187. The summed E-state index contributed by atoms with van der Waals surface area (Å²) in [6, 6.07) is 3.87. The number of hydrogen-bond acceptors (Lipinski definition) is 5. The first-order chi connectivity index (χ1) is 10.5. The van der Waals surface area contributed by atoms with Crippen LogP contribution in [0.4, 0.5) is 5.69 Å². The van der Waals surface area contributed by atoms with E-state index in [1.54, 1.807) is 18.2 Å². The van der Waals surface area contributed by atoms with E-state index >= 15 is 0 Å². The summed E-state index contributed by atoms with van der Waals surface area (Å²) in [5, 5.41) is 23.0. The Kier molecular flexibility index (Phi) is 5.82. The van der Waals surface area contributed by atoms with E-state index in [9.17, 15) is 19.4 Å². The van der Waals surface area contributed by atoms with Gasteiger partial charge in [-0.15, -0.1) is 0 Å². The Balaban J connectivity index is 0.00000264. The molecule has 1 heterocycles. The van der Waals surface area contributed by atoms with Crippen LogP contribution in [0.25, 0.3) is 0 Å². The number of rotatable bonds is 7. The molecule has 0 radical (unpaired) electrons. The first-order valence-electron chi connectivity index (χ1n) is 6.59. The minimum Gasteiger partial charge on any atom is -0.520 e. The van der Waals surface area contributed by atoms with Gasteiger partial charge in [-0.1, -0.05) is 6.07 Å². The second-order valence-corrected chi connectivity index (χ2v) is 4.80. The summed E-state index contributed by atoms with van der Waals surface area (Å²) >= 11 is 0. The molecule has 10 heteroatoms. The number of carboxylic acid groups (broad SMARTS) is 1. The van der Waals surface area contributed by atoms with E-state index in [1.807, 2.05) is 5.32 Å². The monoisotopic (exact) mass is 562 g/mol. The predicted molar refractivity (Wildman–Crippen MR) is 77.0 cm³/mol. The molecule has 128 valence electrons. The molecule has 2 rings (SSSR count). The fourth-order valence-corrected chi connectivity index (χ4v) is 2.12. The van der Waals surface area contributed by atoms with Crippen LogP contribution in [-0.4, -0.2) is 41.6 Å². The van der Waals surface area contributed by atoms with Crippen LogP contribution >= 0.6 is 0 Å². The molecule has 1 atom stereocenters. The average Bonchev–Trinajstić information content (AvgIpc) is 2.84. The molecule has 0 unspecified atom stereocenters. The SMILES string of the molecule is O=[C-]N[C@@H](CCC(=O)Nc1ccc2c(c1)B(O)OC2)C(=O)O.[Fm]. The molecule has 1 aliphatic rings. The zero-order valence-corrected chi connectivity index (χ0v) is 14.2. The molecule has 4 N–H and O–H groups in total. The normalized spacial score (nSPS) is 13.5. The first kappa shape index (κ1) is 17.7. The van der Waals surface area contributed by atoms with Crippen LogP contribution in [0.15, 0.2) is 18.2 Å². The summed E-state index contributed by atoms with van der Waals surface area (Å²) in [6.45, 7) is 0.318. The zero-order valence-electron chi connectivity index (χ0n) is 11.8. The van der Waals surface area contributed by atoms with Crippen LogP contribution in [0.1, 0.15) is 18.4 Å². The Bertz CT molecular complexity index is 600. The zero-order chi connectivity index (χ0) is 16.1. The van der Waals surface area contributed by atoms with Crippen molar-refractivity contribution in [3.63, 3.8) is 0 Å². The Morgan fingerprint density at radius 3 is 2.83 bits per heavy atom. The summed E-state index contributed by atoms with van der Waals surface area (Å²) in [4.78, 5) is 32.8. The number of anilines is 1. The molecular weight excluding hydrogens is 548 g/mol. The molecule has 1 aliphatic heterocycles. The van der Waals surface area contributed by atoms with Gasteiger partial charge < -0.3 is 30.2 Å². The molecule has 0 spiro atoms. The van der Waals surface area contributed by atoms with E-state index in [-0.39, 0.29) is 12.8 Å². The van der Waals surface area contributed by atoms with Crippen LogP contribution < -0.4 is 16.1 Å². The molecule has 0 fully saturated rings. The van der Waals surface area contributed by atoms with Gasteiger partial charge in [0.15, 0.2) is 0 Å². The van der Waals surface area contributed by atoms with Crippen LogP contribution in [0.5, 0.6) is 0 Å². The van der Waals surface area contributed by atoms with Gasteiger partial charge in [-0.3, -0.25) is 9.59 Å². The van der Waals surface area contributed by atoms with Crippen molar-refractivity contribution < 1.29 is 29.2 Å². The minimum absolute atomic E-state index is 0. The number of hydrogen-bond donors (Lipinski definition) is 4. The van der Waals surface area contributed by atoms with Crippen molar-refractivity contribution in [1.82, 2.24) is 5.32 Å². The van der Waals surface area contributed by atoms with E-state index in [0.717, 1.165) is 5.56 Å². The topological polar surface area (TPSA) is 125 Å². The third kappa shape index (κ3) is 4.29. The molecule has 0 aliphatic carbocycles. The third-order valence-corrected chi connectivity index (χ3v) is 3.28. The van der Waals surface area contributed by atoms with Crippen molar-refractivity contribution in [2.45, 2.75) is 25.5 Å². The van der Waals surface area contributed by atoms with Crippen molar-refractivity contribution >= 4 is 36.6 Å². The van der Waals surface area contributed by atoms with Gasteiger partial charge >= 0.3 is 13.1 Å². The molecule has 8 nitrogen and oxygen atoms in total. The average molecular weight is 562 g/mol. The Hall–Kier alpha value is -3.39. The molecule has 1 aromatic rings. The second kappa shape index (κ2) is 7.57. The Morgan fingerprint density at radius 2 is 2.17 bits per heavy atom. The van der Waals surface area contributed by atoms with Crippen LogP contribution in [0.3, 0.4) is 0 Å². The van der Waals surface area contributed by atoms with Crippen LogP contribution in [-0.2, 0) is 25.6 Å². The molecular formula is C13H14BFmN2O6-. The second-order valence-electron chi connectivity index (χ2n) is 4.80. The Labute approximate surface area is 126 Å². The van der Waals surface area contributed by atoms with Crippen LogP contribution in [0.2, 0.25) is 0 Å². The maximum atomic E-state index is 11.8. The number of carboxylic acids is 1. The van der Waals surface area contributed by atoms with Crippen molar-refractivity contribution in [3.05, 3.63) is 23.8 Å². The molecule has 0 saturated carbocycles. The summed E-state index contributed by atoms with van der Waals surface area (Å²) in [5.74, 6) is -1.62. The summed E-state index contributed by atoms with van der Waals surface area (Å²) in [6.07, 6.45) is 1.17. The van der Waals surface area contributed by atoms with Gasteiger partial charge in [-0.25, -0.2) is 0 Å². The fourth-order valence-electron chi connectivity index (χ4n) is 2.12. The van der Waals surface area contributed by atoms with E-state index in [4.69, 9.17) is 9.76 Å². The van der Waals surface area contributed by atoms with Gasteiger partial charge in [-0.2, -0.15) is 6.41 Å². The predicted octanol–water partition coefficient (Wildman–Crippen LogP) is -1.27. The van der Waals surface area contributed by atoms with Crippen molar-refractivity contribution in [2.75, 3.05) is 5.32 Å². The summed E-state index contributed by atoms with van der Waals surface area (Å²) in [7, 11) is -1.00. The maximum Gasteiger partial charge on any atom is 0.491 e. The van der Waals surface area contributed by atoms with E-state index < -0.39 is 25.0 Å². The number of benzene rings is 1. The number of amides is 2. The molecule has 0 aromatic heterocycles. The van der Waals surface area contributed by atoms with E-state index in [1.165, 1.54) is 6.41 Å². The molecule has 0 bridgehead atoms. The number of carbonyl (C=O) groups is 2. The van der Waals surface area contributed by atoms with Gasteiger partial charge in [-0.05, 0) is 29.6 Å². The van der Waals surface area contributed by atoms with Gasteiger partial charge in [0.25, 0.3) is 0 Å². The van der Waals surface area contributed by atoms with E-state index in [2.05, 4.69) is 5.32 Å². The number of carbonyl (C=O) groups excluding carboxylic acids is 2. The van der Waals surface area contributed by atoms with Gasteiger partial charge in [0.1, 0.15) is 0 Å². The fraction of sp³-hybridized carbons (Fsp3) is 0.308. The first-order valence-corrected chi connectivity index (χ1v) is 6.59. The van der Waals surface area contributed by atoms with Crippen molar-refractivity contribution in [1.29, 1.82) is 0 Å². The molecule has 23 heavy (non-hydrogen) atoms. The number of aliphatic carboxylic acids is 1. The molecule has 0 saturated heterocycles. The van der Waals surface area contributed by atoms with Gasteiger partial charge in [0.2, 0.25) is 5.91 Å². The van der Waals surface area contributed by atoms with Gasteiger partial charge in [0.05, 0.1) is 12.6 Å². The Morgan fingerprint density at radius 1 is 1.43 bits per heavy atom. The summed E-state index contributed by atoms with van der Waals surface area (Å²) in [5.41, 5.74) is 1.93. The molecule has 1 aromatic carbocycles. The third-order valence-electron chi connectivity index (χ3n) is 3.28. The maximum absolute atomic E-state index is 11.8. The number of fused-ring (bicyclic) bond motifs is 1. The largest absolute Gasteiger partial charge is 0.520 e. The molecule has 2 amide bonds. The summed E-state index contributed by atoms with van der Waals surface area (Å²) < 4.78 is 5.05. The van der Waals surface area contributed by atoms with Crippen molar-refractivity contribution in [2.24, 2.45) is 0 Å². The van der Waals surface area contributed by atoms with Crippen molar-refractivity contribution in [3.8, 4) is 0 Å².